The zero-order valence-corrected chi connectivity index (χ0v) is 17.0. The number of rotatable bonds is 3. The Labute approximate surface area is 177 Å². The minimum Gasteiger partial charge on any atom is -0.270 e. The van der Waals surface area contributed by atoms with E-state index in [1.807, 2.05) is 26.1 Å². The maximum atomic E-state index is 13.7. The second kappa shape index (κ2) is 7.40. The van der Waals surface area contributed by atoms with Crippen molar-refractivity contribution in [2.24, 2.45) is 7.05 Å². The molecule has 4 nitrogen and oxygen atoms in total. The minimum atomic E-state index is -0.317. The third-order valence-electron chi connectivity index (χ3n) is 5.49. The van der Waals surface area contributed by atoms with E-state index in [1.54, 1.807) is 41.3 Å². The Hall–Kier alpha value is -3.93. The predicted molar refractivity (Wildman–Crippen MR) is 117 cm³/mol. The first kappa shape index (κ1) is 19.1. The summed E-state index contributed by atoms with van der Waals surface area (Å²) >= 11 is 0. The molecule has 0 aliphatic heterocycles. The van der Waals surface area contributed by atoms with Gasteiger partial charge in [-0.3, -0.25) is 9.67 Å². The fourth-order valence-corrected chi connectivity index (χ4v) is 3.89. The zero-order valence-electron chi connectivity index (χ0n) is 17.0. The molecule has 0 bridgehead atoms. The van der Waals surface area contributed by atoms with E-state index >= 15 is 0 Å². The van der Waals surface area contributed by atoms with Gasteiger partial charge in [-0.2, -0.15) is 5.10 Å². The average Bonchev–Trinajstić information content (AvgIpc) is 3.07. The van der Waals surface area contributed by atoms with Crippen molar-refractivity contribution in [3.8, 4) is 33.5 Å². The van der Waals surface area contributed by atoms with Gasteiger partial charge in [-0.25, -0.2) is 13.8 Å². The van der Waals surface area contributed by atoms with Crippen molar-refractivity contribution in [3.63, 3.8) is 0 Å². The molecule has 0 spiro atoms. The van der Waals surface area contributed by atoms with E-state index in [4.69, 9.17) is 4.98 Å². The molecule has 152 valence electrons. The smallest absolute Gasteiger partial charge is 0.182 e. The molecular weight excluding hydrogens is 394 g/mol. The van der Waals surface area contributed by atoms with Crippen LogP contribution in [0, 0.1) is 18.6 Å². The molecule has 0 radical (unpaired) electrons. The highest BCUT2D eigenvalue weighted by atomic mass is 19.1. The standard InChI is InChI=1S/C25H18F2N4/c1-15-21-22(16-3-7-19(26)8-4-16)23(17-11-13-28-14-12-17)24(29-25(21)30-31(15)2)18-5-9-20(27)10-6-18/h3-14H,1-2H3. The summed E-state index contributed by atoms with van der Waals surface area (Å²) in [6.07, 6.45) is 3.44. The van der Waals surface area contributed by atoms with Gasteiger partial charge >= 0.3 is 0 Å². The highest BCUT2D eigenvalue weighted by molar-refractivity contribution is 6.07. The highest BCUT2D eigenvalue weighted by Crippen LogP contribution is 2.43. The molecule has 6 heteroatoms. The first-order valence-electron chi connectivity index (χ1n) is 9.82. The number of aryl methyl sites for hydroxylation is 2. The van der Waals surface area contributed by atoms with Crippen molar-refractivity contribution < 1.29 is 8.78 Å². The van der Waals surface area contributed by atoms with Crippen molar-refractivity contribution in [2.75, 3.05) is 0 Å². The molecule has 0 aliphatic rings. The summed E-state index contributed by atoms with van der Waals surface area (Å²) in [6.45, 7) is 1.98. The SMILES string of the molecule is Cc1c2c(-c3ccc(F)cc3)c(-c3ccncc3)c(-c3ccc(F)cc3)nc2nn1C. The van der Waals surface area contributed by atoms with Crippen LogP contribution in [0.5, 0.6) is 0 Å². The second-order valence-corrected chi connectivity index (χ2v) is 7.37. The molecule has 0 N–H and O–H groups in total. The lowest BCUT2D eigenvalue weighted by Crippen LogP contribution is -1.97. The third kappa shape index (κ3) is 3.26. The summed E-state index contributed by atoms with van der Waals surface area (Å²) in [4.78, 5) is 9.03. The lowest BCUT2D eigenvalue weighted by atomic mass is 9.89. The second-order valence-electron chi connectivity index (χ2n) is 7.37. The summed E-state index contributed by atoms with van der Waals surface area (Å²) in [7, 11) is 1.87. The maximum absolute atomic E-state index is 13.7. The molecule has 2 aromatic carbocycles. The van der Waals surface area contributed by atoms with Gasteiger partial charge in [-0.05, 0) is 66.6 Å². The van der Waals surface area contributed by atoms with Crippen LogP contribution in [0.4, 0.5) is 8.78 Å². The number of hydrogen-bond acceptors (Lipinski definition) is 3. The van der Waals surface area contributed by atoms with E-state index < -0.39 is 0 Å². The van der Waals surface area contributed by atoms with E-state index in [0.29, 0.717) is 11.3 Å². The van der Waals surface area contributed by atoms with Crippen LogP contribution in [0.3, 0.4) is 0 Å². The van der Waals surface area contributed by atoms with Crippen LogP contribution in [0.25, 0.3) is 44.5 Å². The fourth-order valence-electron chi connectivity index (χ4n) is 3.89. The average molecular weight is 412 g/mol. The van der Waals surface area contributed by atoms with Crippen molar-refractivity contribution >= 4 is 11.0 Å². The number of fused-ring (bicyclic) bond motifs is 1. The predicted octanol–water partition coefficient (Wildman–Crippen LogP) is 5.95. The Kier molecular flexibility index (Phi) is 4.55. The summed E-state index contributed by atoms with van der Waals surface area (Å²) in [5.41, 5.74) is 6.49. The van der Waals surface area contributed by atoms with Gasteiger partial charge < -0.3 is 0 Å². The Balaban J connectivity index is 1.97. The molecule has 0 saturated heterocycles. The molecule has 31 heavy (non-hydrogen) atoms. The van der Waals surface area contributed by atoms with Gasteiger partial charge in [0.1, 0.15) is 11.6 Å². The number of benzene rings is 2. The molecular formula is C25H18F2N4. The number of halogens is 2. The van der Waals surface area contributed by atoms with Gasteiger partial charge in [0.25, 0.3) is 0 Å². The third-order valence-corrected chi connectivity index (χ3v) is 5.49. The first-order valence-corrected chi connectivity index (χ1v) is 9.82. The van der Waals surface area contributed by atoms with Crippen LogP contribution in [-0.2, 0) is 7.05 Å². The normalized spacial score (nSPS) is 11.2. The molecule has 0 saturated carbocycles. The lowest BCUT2D eigenvalue weighted by molar-refractivity contribution is 0.627. The van der Waals surface area contributed by atoms with Crippen LogP contribution in [-0.4, -0.2) is 19.7 Å². The zero-order chi connectivity index (χ0) is 21.5. The summed E-state index contributed by atoms with van der Waals surface area (Å²) in [5.74, 6) is -0.621. The van der Waals surface area contributed by atoms with Gasteiger partial charge in [-0.1, -0.05) is 12.1 Å². The van der Waals surface area contributed by atoms with Crippen molar-refractivity contribution in [1.29, 1.82) is 0 Å². The van der Waals surface area contributed by atoms with E-state index in [9.17, 15) is 8.78 Å². The molecule has 0 fully saturated rings. The fraction of sp³-hybridized carbons (Fsp3) is 0.0800. The number of nitrogens with zero attached hydrogens (tertiary/aromatic N) is 4. The van der Waals surface area contributed by atoms with Crippen LogP contribution in [0.1, 0.15) is 5.69 Å². The lowest BCUT2D eigenvalue weighted by Gasteiger charge is -2.17. The largest absolute Gasteiger partial charge is 0.270 e. The number of hydrogen-bond donors (Lipinski definition) is 0. The monoisotopic (exact) mass is 412 g/mol. The molecule has 0 amide bonds. The number of aromatic nitrogens is 4. The maximum Gasteiger partial charge on any atom is 0.182 e. The summed E-state index contributed by atoms with van der Waals surface area (Å²) < 4.78 is 29.2. The van der Waals surface area contributed by atoms with Crippen molar-refractivity contribution in [3.05, 3.63) is 90.4 Å². The minimum absolute atomic E-state index is 0.304. The molecule has 5 aromatic rings. The van der Waals surface area contributed by atoms with Crippen molar-refractivity contribution in [2.45, 2.75) is 6.92 Å². The van der Waals surface area contributed by atoms with Crippen LogP contribution >= 0.6 is 0 Å². The molecule has 0 atom stereocenters. The topological polar surface area (TPSA) is 43.6 Å². The van der Waals surface area contributed by atoms with Gasteiger partial charge in [0.05, 0.1) is 11.1 Å². The van der Waals surface area contributed by atoms with E-state index in [-0.39, 0.29) is 11.6 Å². The van der Waals surface area contributed by atoms with Gasteiger partial charge in [0, 0.05) is 41.8 Å². The molecule has 5 rings (SSSR count). The molecule has 3 heterocycles. The quantitative estimate of drug-likeness (QED) is 0.368. The Morgan fingerprint density at radius 2 is 1.26 bits per heavy atom. The van der Waals surface area contributed by atoms with E-state index in [0.717, 1.165) is 38.9 Å². The van der Waals surface area contributed by atoms with E-state index in [2.05, 4.69) is 10.1 Å². The summed E-state index contributed by atoms with van der Waals surface area (Å²) in [6, 6.07) is 16.5. The Bertz CT molecular complexity index is 1390. The first-order chi connectivity index (χ1) is 15.0. The number of pyridine rings is 2. The summed E-state index contributed by atoms with van der Waals surface area (Å²) in [5, 5.41) is 5.50. The van der Waals surface area contributed by atoms with Gasteiger partial charge in [0.2, 0.25) is 0 Å². The van der Waals surface area contributed by atoms with Gasteiger partial charge in [-0.15, -0.1) is 0 Å². The van der Waals surface area contributed by atoms with Crippen LogP contribution in [0.15, 0.2) is 73.1 Å². The van der Waals surface area contributed by atoms with Gasteiger partial charge in [0.15, 0.2) is 5.65 Å². The highest BCUT2D eigenvalue weighted by Gasteiger charge is 2.23. The Morgan fingerprint density at radius 3 is 1.87 bits per heavy atom. The van der Waals surface area contributed by atoms with Crippen LogP contribution < -0.4 is 0 Å². The molecule has 0 aliphatic carbocycles. The van der Waals surface area contributed by atoms with Crippen LogP contribution in [0.2, 0.25) is 0 Å². The van der Waals surface area contributed by atoms with E-state index in [1.165, 1.54) is 24.3 Å². The Morgan fingerprint density at radius 1 is 0.710 bits per heavy atom. The molecule has 3 aromatic heterocycles. The molecule has 0 unspecified atom stereocenters. The van der Waals surface area contributed by atoms with Crippen molar-refractivity contribution in [1.82, 2.24) is 19.7 Å².